The van der Waals surface area contributed by atoms with Crippen LogP contribution in [0.4, 0.5) is 17.1 Å². The van der Waals surface area contributed by atoms with Crippen LogP contribution in [0.15, 0.2) is 42.5 Å². The number of likely N-dealkylation sites (tertiary alicyclic amines) is 1. The van der Waals surface area contributed by atoms with Crippen LogP contribution in [0.1, 0.15) is 33.6 Å². The molecule has 0 saturated carbocycles. The minimum absolute atomic E-state index is 0.0948. The van der Waals surface area contributed by atoms with Gasteiger partial charge in [-0.2, -0.15) is 0 Å². The number of nitro benzene ring substituents is 1. The number of nitro groups is 1. The minimum Gasteiger partial charge on any atom is -0.371 e. The zero-order valence-corrected chi connectivity index (χ0v) is 21.7. The van der Waals surface area contributed by atoms with Crippen LogP contribution in [0.25, 0.3) is 0 Å². The number of imide groups is 2. The van der Waals surface area contributed by atoms with Crippen LogP contribution in [0.3, 0.4) is 0 Å². The van der Waals surface area contributed by atoms with E-state index in [2.05, 4.69) is 20.0 Å². The van der Waals surface area contributed by atoms with Gasteiger partial charge in [-0.15, -0.1) is 0 Å². The summed E-state index contributed by atoms with van der Waals surface area (Å²) in [5.41, 5.74) is 2.61. The lowest BCUT2D eigenvalue weighted by Crippen LogP contribution is -2.59. The number of fused-ring (bicyclic) bond motifs is 2. The highest BCUT2D eigenvalue weighted by molar-refractivity contribution is 6.23. The van der Waals surface area contributed by atoms with Gasteiger partial charge in [0.2, 0.25) is 11.8 Å². The highest BCUT2D eigenvalue weighted by Gasteiger charge is 2.47. The first-order valence-electron chi connectivity index (χ1n) is 13.6. The number of anilines is 2. The largest absolute Gasteiger partial charge is 0.371 e. The summed E-state index contributed by atoms with van der Waals surface area (Å²) in [7, 11) is 0. The Hall–Kier alpha value is -4.32. The summed E-state index contributed by atoms with van der Waals surface area (Å²) in [6.07, 6.45) is 0.234. The molecule has 4 fully saturated rings. The van der Waals surface area contributed by atoms with Gasteiger partial charge >= 0.3 is 0 Å². The lowest BCUT2D eigenvalue weighted by atomic mass is 10.0. The van der Waals surface area contributed by atoms with Gasteiger partial charge in [-0.1, -0.05) is 0 Å². The number of amides is 4. The topological polar surface area (TPSA) is 136 Å². The number of benzene rings is 2. The third-order valence-corrected chi connectivity index (χ3v) is 9.11. The molecule has 2 aromatic carbocycles. The van der Waals surface area contributed by atoms with Crippen molar-refractivity contribution in [1.29, 1.82) is 0 Å². The quantitative estimate of drug-likeness (QED) is 0.335. The van der Waals surface area contributed by atoms with Crippen molar-refractivity contribution < 1.29 is 24.1 Å². The Morgan fingerprint density at radius 2 is 1.40 bits per heavy atom. The molecule has 12 heteroatoms. The Labute approximate surface area is 229 Å². The van der Waals surface area contributed by atoms with E-state index >= 15 is 0 Å². The zero-order chi connectivity index (χ0) is 27.7. The molecule has 40 heavy (non-hydrogen) atoms. The first kappa shape index (κ1) is 24.7. The predicted molar refractivity (Wildman–Crippen MR) is 143 cm³/mol. The van der Waals surface area contributed by atoms with Crippen molar-refractivity contribution in [3.63, 3.8) is 0 Å². The molecule has 0 bridgehead atoms. The SMILES string of the molecule is O=C1CCC(N2C(=O)c3ccc(N4CC(N5CC6CN(c7ccc([N+](=O)[O-])cc7)CC6C5)C4)cc3C2=O)C(=O)N1. The molecule has 12 nitrogen and oxygen atoms in total. The maximum atomic E-state index is 13.2. The summed E-state index contributed by atoms with van der Waals surface area (Å²) in [5.74, 6) is -0.858. The molecule has 5 heterocycles. The van der Waals surface area contributed by atoms with Crippen molar-refractivity contribution in [3.8, 4) is 0 Å². The smallest absolute Gasteiger partial charge is 0.269 e. The number of carbonyl (C=O) groups excluding carboxylic acids is 4. The minimum atomic E-state index is -0.965. The van der Waals surface area contributed by atoms with E-state index in [9.17, 15) is 29.3 Å². The van der Waals surface area contributed by atoms with Gasteiger partial charge in [0, 0.05) is 75.2 Å². The van der Waals surface area contributed by atoms with Gasteiger partial charge in [-0.25, -0.2) is 0 Å². The van der Waals surface area contributed by atoms with E-state index in [4.69, 9.17) is 0 Å². The van der Waals surface area contributed by atoms with Crippen LogP contribution in [-0.4, -0.2) is 89.7 Å². The first-order valence-corrected chi connectivity index (χ1v) is 13.6. The molecule has 5 aliphatic heterocycles. The molecular weight excluding hydrogens is 516 g/mol. The van der Waals surface area contributed by atoms with E-state index in [0.717, 1.165) is 55.5 Å². The fourth-order valence-corrected chi connectivity index (χ4v) is 6.88. The summed E-state index contributed by atoms with van der Waals surface area (Å²) >= 11 is 0. The van der Waals surface area contributed by atoms with E-state index in [1.54, 1.807) is 24.3 Å². The molecule has 4 saturated heterocycles. The van der Waals surface area contributed by atoms with Crippen molar-refractivity contribution in [1.82, 2.24) is 15.1 Å². The molecule has 0 spiro atoms. The average Bonchev–Trinajstić information content (AvgIpc) is 3.55. The van der Waals surface area contributed by atoms with Crippen LogP contribution < -0.4 is 15.1 Å². The molecule has 7 rings (SSSR count). The monoisotopic (exact) mass is 544 g/mol. The van der Waals surface area contributed by atoms with Crippen molar-refractivity contribution in [2.45, 2.75) is 24.9 Å². The van der Waals surface area contributed by atoms with Crippen molar-refractivity contribution in [2.75, 3.05) is 49.1 Å². The molecule has 4 amide bonds. The van der Waals surface area contributed by atoms with Gasteiger partial charge in [-0.3, -0.25) is 44.4 Å². The van der Waals surface area contributed by atoms with Gasteiger partial charge in [0.15, 0.2) is 0 Å². The van der Waals surface area contributed by atoms with Crippen molar-refractivity contribution in [3.05, 3.63) is 63.7 Å². The third kappa shape index (κ3) is 3.93. The summed E-state index contributed by atoms with van der Waals surface area (Å²) in [6.45, 7) is 5.60. The number of piperidine rings is 1. The van der Waals surface area contributed by atoms with Gasteiger partial charge in [-0.05, 0) is 48.6 Å². The second-order valence-corrected chi connectivity index (χ2v) is 11.4. The Bertz CT molecular complexity index is 1440. The number of hydrogen-bond donors (Lipinski definition) is 1. The maximum absolute atomic E-state index is 13.2. The standard InChI is InChI=1S/C28H28N6O6/c35-25-8-7-24(26(36)29-25)33-27(37)22-6-5-20(9-23(22)28(33)38)32-14-21(15-32)31-12-16-10-30(11-17(16)13-31)18-1-3-19(4-2-18)34(39)40/h1-6,9,16-17,21,24H,7-8,10-15H2,(H,29,35,36). The van der Waals surface area contributed by atoms with Gasteiger partial charge < -0.3 is 9.80 Å². The Morgan fingerprint density at radius 1 is 0.775 bits per heavy atom. The predicted octanol–water partition coefficient (Wildman–Crippen LogP) is 1.25. The summed E-state index contributed by atoms with van der Waals surface area (Å²) in [4.78, 5) is 68.6. The van der Waals surface area contributed by atoms with E-state index < -0.39 is 29.7 Å². The number of carbonyl (C=O) groups is 4. The number of hydrogen-bond acceptors (Lipinski definition) is 9. The highest BCUT2D eigenvalue weighted by Crippen LogP contribution is 2.38. The third-order valence-electron chi connectivity index (χ3n) is 9.11. The summed E-state index contributed by atoms with van der Waals surface area (Å²) < 4.78 is 0. The van der Waals surface area contributed by atoms with E-state index in [0.29, 0.717) is 29.0 Å². The molecule has 206 valence electrons. The van der Waals surface area contributed by atoms with Crippen molar-refractivity contribution >= 4 is 40.7 Å². The molecule has 3 unspecified atom stereocenters. The highest BCUT2D eigenvalue weighted by atomic mass is 16.6. The Morgan fingerprint density at radius 3 is 2.05 bits per heavy atom. The second kappa shape index (κ2) is 9.12. The molecule has 5 aliphatic rings. The summed E-state index contributed by atoms with van der Waals surface area (Å²) in [5, 5.41) is 13.2. The van der Waals surface area contributed by atoms with Crippen LogP contribution in [0.2, 0.25) is 0 Å². The first-order chi connectivity index (χ1) is 19.3. The lowest BCUT2D eigenvalue weighted by Gasteiger charge is -2.46. The second-order valence-electron chi connectivity index (χ2n) is 11.4. The molecule has 0 aromatic heterocycles. The average molecular weight is 545 g/mol. The van der Waals surface area contributed by atoms with Gasteiger partial charge in [0.05, 0.1) is 16.1 Å². The van der Waals surface area contributed by atoms with Crippen LogP contribution in [0.5, 0.6) is 0 Å². The van der Waals surface area contributed by atoms with E-state index in [1.807, 2.05) is 18.2 Å². The van der Waals surface area contributed by atoms with E-state index in [1.165, 1.54) is 0 Å². The van der Waals surface area contributed by atoms with Gasteiger partial charge in [0.25, 0.3) is 17.5 Å². The molecular formula is C28H28N6O6. The van der Waals surface area contributed by atoms with Crippen molar-refractivity contribution in [2.24, 2.45) is 11.8 Å². The van der Waals surface area contributed by atoms with Gasteiger partial charge in [0.1, 0.15) is 6.04 Å². The normalized spacial score (nSPS) is 26.7. The van der Waals surface area contributed by atoms with Crippen LogP contribution in [-0.2, 0) is 9.59 Å². The van der Waals surface area contributed by atoms with Crippen LogP contribution in [0, 0.1) is 22.0 Å². The molecule has 3 atom stereocenters. The number of nitrogens with one attached hydrogen (secondary N) is 1. The molecule has 0 radical (unpaired) electrons. The fourth-order valence-electron chi connectivity index (χ4n) is 6.88. The lowest BCUT2D eigenvalue weighted by molar-refractivity contribution is -0.384. The Balaban J connectivity index is 0.957. The number of non-ortho nitro benzene ring substituents is 1. The summed E-state index contributed by atoms with van der Waals surface area (Å²) in [6, 6.07) is 11.5. The van der Waals surface area contributed by atoms with Crippen LogP contribution >= 0.6 is 0 Å². The fraction of sp³-hybridized carbons (Fsp3) is 0.429. The molecule has 2 aromatic rings. The molecule has 1 N–H and O–H groups in total. The number of rotatable bonds is 5. The Kier molecular flexibility index (Phi) is 5.63. The molecule has 0 aliphatic carbocycles. The number of nitrogens with zero attached hydrogens (tertiary/aromatic N) is 5. The zero-order valence-electron chi connectivity index (χ0n) is 21.7. The van der Waals surface area contributed by atoms with E-state index in [-0.39, 0.29) is 23.5 Å². The maximum Gasteiger partial charge on any atom is 0.269 e.